The molecule has 0 aromatic heterocycles. The van der Waals surface area contributed by atoms with E-state index in [0.717, 1.165) is 19.3 Å². The Kier molecular flexibility index (Phi) is 25.9. The quantitative estimate of drug-likeness (QED) is 0.541. The maximum atomic E-state index is 10.8. The van der Waals surface area contributed by atoms with E-state index in [2.05, 4.69) is 13.8 Å². The number of carbonyl (C=O) groups is 1. The summed E-state index contributed by atoms with van der Waals surface area (Å²) in [4.78, 5) is 10.8. The summed E-state index contributed by atoms with van der Waals surface area (Å²) in [7, 11) is 0. The summed E-state index contributed by atoms with van der Waals surface area (Å²) < 4.78 is 0. The van der Waals surface area contributed by atoms with Crippen molar-refractivity contribution in [2.75, 3.05) is 0 Å². The summed E-state index contributed by atoms with van der Waals surface area (Å²) in [5, 5.41) is 0. The molecule has 0 saturated heterocycles. The van der Waals surface area contributed by atoms with E-state index < -0.39 is 0 Å². The second-order valence-electron chi connectivity index (χ2n) is 3.32. The molecule has 0 heterocycles. The van der Waals surface area contributed by atoms with E-state index in [0.29, 0.717) is 11.7 Å². The zero-order chi connectivity index (χ0) is 12.7. The van der Waals surface area contributed by atoms with Crippen LogP contribution >= 0.6 is 0 Å². The molecule has 0 bridgehead atoms. The highest BCUT2D eigenvalue weighted by Gasteiger charge is 2.16. The molecule has 1 saturated carbocycles. The number of Topliss-reactive ketones (excluding diaryl/α,β-unsaturated/α-hetero) is 1. The molecule has 1 aliphatic carbocycles. The first-order valence-corrected chi connectivity index (χ1v) is 6.75. The smallest absolute Gasteiger partial charge is 0.135 e. The average molecular weight is 216 g/mol. The van der Waals surface area contributed by atoms with E-state index in [1.165, 1.54) is 12.8 Å². The first-order valence-electron chi connectivity index (χ1n) is 6.75. The van der Waals surface area contributed by atoms with E-state index in [1.54, 1.807) is 0 Å². The molecule has 1 aliphatic rings. The Labute approximate surface area is 97.7 Å². The van der Waals surface area contributed by atoms with Gasteiger partial charge in [-0.25, -0.2) is 0 Å². The van der Waals surface area contributed by atoms with Gasteiger partial charge in [0.1, 0.15) is 5.78 Å². The first-order chi connectivity index (χ1) is 7.22. The second-order valence-corrected chi connectivity index (χ2v) is 3.32. The van der Waals surface area contributed by atoms with Gasteiger partial charge in [0, 0.05) is 12.3 Å². The fourth-order valence-corrected chi connectivity index (χ4v) is 1.16. The van der Waals surface area contributed by atoms with Gasteiger partial charge in [-0.15, -0.1) is 0 Å². The standard InChI is InChI=1S/C7H12O.C3H8.2C2H6/c1-6-4-2-3-5-7(6)8;1-3-2;2*1-2/h6H,2-5H2,1H3;3H2,1-2H3;2*1-2H3. The van der Waals surface area contributed by atoms with Crippen LogP contribution in [0.3, 0.4) is 0 Å². The Balaban J connectivity index is -0.000000176. The molecule has 0 aliphatic heterocycles. The van der Waals surface area contributed by atoms with Crippen LogP contribution in [-0.2, 0) is 4.79 Å². The van der Waals surface area contributed by atoms with Gasteiger partial charge in [-0.3, -0.25) is 4.79 Å². The molecule has 0 N–H and O–H groups in total. The third-order valence-electron chi connectivity index (χ3n) is 1.86. The molecular formula is C14H32O. The molecule has 0 spiro atoms. The van der Waals surface area contributed by atoms with Gasteiger partial charge in [0.15, 0.2) is 0 Å². The molecule has 15 heavy (non-hydrogen) atoms. The van der Waals surface area contributed by atoms with Crippen molar-refractivity contribution in [1.29, 1.82) is 0 Å². The minimum atomic E-state index is 0.365. The highest BCUT2D eigenvalue weighted by atomic mass is 16.1. The summed E-state index contributed by atoms with van der Waals surface area (Å²) >= 11 is 0. The predicted molar refractivity (Wildman–Crippen MR) is 71.3 cm³/mol. The number of hydrogen-bond acceptors (Lipinski definition) is 1. The zero-order valence-corrected chi connectivity index (χ0v) is 12.0. The predicted octanol–water partition coefficient (Wildman–Crippen LogP) is 5.23. The van der Waals surface area contributed by atoms with Crippen molar-refractivity contribution in [1.82, 2.24) is 0 Å². The van der Waals surface area contributed by atoms with Gasteiger partial charge < -0.3 is 0 Å². The van der Waals surface area contributed by atoms with Gasteiger partial charge >= 0.3 is 0 Å². The van der Waals surface area contributed by atoms with Crippen LogP contribution in [0.15, 0.2) is 0 Å². The lowest BCUT2D eigenvalue weighted by Crippen LogP contribution is -2.14. The Bertz CT molecular complexity index is 108. The lowest BCUT2D eigenvalue weighted by Gasteiger charge is -2.14. The van der Waals surface area contributed by atoms with Crippen LogP contribution < -0.4 is 0 Å². The Morgan fingerprint density at radius 2 is 1.47 bits per heavy atom. The monoisotopic (exact) mass is 216 g/mol. The van der Waals surface area contributed by atoms with Crippen molar-refractivity contribution in [3.05, 3.63) is 0 Å². The minimum absolute atomic E-state index is 0.365. The lowest BCUT2D eigenvalue weighted by molar-refractivity contribution is -0.123. The third-order valence-corrected chi connectivity index (χ3v) is 1.86. The third kappa shape index (κ3) is 16.4. The van der Waals surface area contributed by atoms with Crippen molar-refractivity contribution in [3.63, 3.8) is 0 Å². The summed E-state index contributed by atoms with van der Waals surface area (Å²) in [6.45, 7) is 14.3. The number of ketones is 1. The lowest BCUT2D eigenvalue weighted by atomic mass is 9.90. The topological polar surface area (TPSA) is 17.1 Å². The van der Waals surface area contributed by atoms with E-state index in [9.17, 15) is 4.79 Å². The van der Waals surface area contributed by atoms with E-state index in [-0.39, 0.29) is 0 Å². The summed E-state index contributed by atoms with van der Waals surface area (Å²) in [6, 6.07) is 0. The molecule has 0 aromatic carbocycles. The van der Waals surface area contributed by atoms with Gasteiger partial charge in [-0.2, -0.15) is 0 Å². The summed E-state index contributed by atoms with van der Waals surface area (Å²) in [5.74, 6) is 0.833. The molecule has 1 atom stereocenters. The van der Waals surface area contributed by atoms with Crippen molar-refractivity contribution in [3.8, 4) is 0 Å². The van der Waals surface area contributed by atoms with Gasteiger partial charge in [-0.1, -0.05) is 61.3 Å². The van der Waals surface area contributed by atoms with E-state index in [1.807, 2.05) is 34.6 Å². The molecular weight excluding hydrogens is 184 g/mol. The fraction of sp³-hybridized carbons (Fsp3) is 0.929. The van der Waals surface area contributed by atoms with Gasteiger partial charge in [0.25, 0.3) is 0 Å². The van der Waals surface area contributed by atoms with Crippen LogP contribution in [0.2, 0.25) is 0 Å². The molecule has 0 radical (unpaired) electrons. The highest BCUT2D eigenvalue weighted by molar-refractivity contribution is 5.81. The van der Waals surface area contributed by atoms with Crippen LogP contribution in [0, 0.1) is 5.92 Å². The minimum Gasteiger partial charge on any atom is -0.299 e. The maximum absolute atomic E-state index is 10.8. The van der Waals surface area contributed by atoms with Crippen LogP contribution in [0.1, 0.15) is 80.6 Å². The van der Waals surface area contributed by atoms with Gasteiger partial charge in [-0.05, 0) is 12.8 Å². The van der Waals surface area contributed by atoms with Crippen molar-refractivity contribution in [2.45, 2.75) is 80.6 Å². The molecule has 0 aromatic rings. The van der Waals surface area contributed by atoms with Crippen molar-refractivity contribution < 1.29 is 4.79 Å². The Morgan fingerprint density at radius 3 is 1.67 bits per heavy atom. The SMILES string of the molecule is CC.CC.CC1CCCCC1=O.CCC. The fourth-order valence-electron chi connectivity index (χ4n) is 1.16. The number of rotatable bonds is 0. The molecule has 1 rings (SSSR count). The average Bonchev–Trinajstić information content (AvgIpc) is 2.29. The summed E-state index contributed by atoms with van der Waals surface area (Å²) in [5.41, 5.74) is 0. The molecule has 1 fully saturated rings. The highest BCUT2D eigenvalue weighted by Crippen LogP contribution is 2.18. The van der Waals surface area contributed by atoms with Gasteiger partial charge in [0.2, 0.25) is 0 Å². The maximum Gasteiger partial charge on any atom is 0.135 e. The van der Waals surface area contributed by atoms with Crippen molar-refractivity contribution >= 4 is 5.78 Å². The van der Waals surface area contributed by atoms with E-state index in [4.69, 9.17) is 0 Å². The molecule has 1 unspecified atom stereocenters. The molecule has 0 amide bonds. The molecule has 1 heteroatoms. The molecule has 94 valence electrons. The van der Waals surface area contributed by atoms with Crippen LogP contribution in [0.5, 0.6) is 0 Å². The van der Waals surface area contributed by atoms with Crippen molar-refractivity contribution in [2.24, 2.45) is 5.92 Å². The Hall–Kier alpha value is -0.330. The Morgan fingerprint density at radius 1 is 1.07 bits per heavy atom. The second kappa shape index (κ2) is 19.3. The van der Waals surface area contributed by atoms with Gasteiger partial charge in [0.05, 0.1) is 0 Å². The largest absolute Gasteiger partial charge is 0.299 e. The van der Waals surface area contributed by atoms with Crippen LogP contribution in [0.25, 0.3) is 0 Å². The van der Waals surface area contributed by atoms with Crippen LogP contribution in [-0.4, -0.2) is 5.78 Å². The number of carbonyl (C=O) groups excluding carboxylic acids is 1. The first kappa shape index (κ1) is 20.1. The number of hydrogen-bond donors (Lipinski definition) is 0. The van der Waals surface area contributed by atoms with Crippen LogP contribution in [0.4, 0.5) is 0 Å². The van der Waals surface area contributed by atoms with E-state index >= 15 is 0 Å². The zero-order valence-electron chi connectivity index (χ0n) is 12.0. The molecule has 1 nitrogen and oxygen atoms in total. The summed E-state index contributed by atoms with van der Waals surface area (Å²) in [6.07, 6.45) is 5.59. The normalized spacial score (nSPS) is 18.3.